The summed E-state index contributed by atoms with van der Waals surface area (Å²) in [6.07, 6.45) is 1.47. The second kappa shape index (κ2) is 9.98. The fourth-order valence-corrected chi connectivity index (χ4v) is 3.90. The number of amides is 2. The molecule has 188 valence electrons. The molecular weight excluding hydrogens is 479 g/mol. The van der Waals surface area contributed by atoms with E-state index in [1.807, 2.05) is 0 Å². The van der Waals surface area contributed by atoms with Gasteiger partial charge in [-0.2, -0.15) is 10.2 Å². The summed E-state index contributed by atoms with van der Waals surface area (Å²) >= 11 is 0. The quantitative estimate of drug-likeness (QED) is 0.277. The Bertz CT molecular complexity index is 1450. The van der Waals surface area contributed by atoms with Crippen molar-refractivity contribution >= 4 is 28.5 Å². The molecule has 0 aliphatic carbocycles. The monoisotopic (exact) mass is 501 g/mol. The van der Waals surface area contributed by atoms with Crippen LogP contribution < -0.4 is 21.5 Å². The number of benzene rings is 2. The fourth-order valence-electron chi connectivity index (χ4n) is 3.90. The molecule has 36 heavy (non-hydrogen) atoms. The summed E-state index contributed by atoms with van der Waals surface area (Å²) in [5, 5.41) is 14.2. The molecule has 0 saturated carbocycles. The van der Waals surface area contributed by atoms with Crippen LogP contribution in [0.25, 0.3) is 22.2 Å². The first kappa shape index (κ1) is 24.6. The Kier molecular flexibility index (Phi) is 6.81. The zero-order chi connectivity index (χ0) is 26.0. The number of halogens is 3. The minimum absolute atomic E-state index is 0.0253. The summed E-state index contributed by atoms with van der Waals surface area (Å²) in [4.78, 5) is 24.8. The average Bonchev–Trinajstić information content (AvgIpc) is 3.49. The van der Waals surface area contributed by atoms with Gasteiger partial charge in [0.15, 0.2) is 0 Å². The number of fused-ring (bicyclic) bond motifs is 1. The average molecular weight is 501 g/mol. The van der Waals surface area contributed by atoms with Crippen LogP contribution in [0.1, 0.15) is 32.3 Å². The largest absolute Gasteiger partial charge is 0.496 e. The molecule has 0 radical (unpaired) electrons. The molecule has 2 aromatic carbocycles. The summed E-state index contributed by atoms with van der Waals surface area (Å²) in [7, 11) is 1.37. The Morgan fingerprint density at radius 1 is 1.22 bits per heavy atom. The topological polar surface area (TPSA) is 154 Å². The van der Waals surface area contributed by atoms with Crippen LogP contribution >= 0.6 is 0 Å². The molecule has 6 N–H and O–H groups in total. The maximum Gasteiger partial charge on any atom is 0.255 e. The third kappa shape index (κ3) is 4.30. The highest BCUT2D eigenvalue weighted by Gasteiger charge is 2.27. The number of nitrogens with zero attached hydrogens (tertiary/aromatic N) is 3. The van der Waals surface area contributed by atoms with Gasteiger partial charge in [0.2, 0.25) is 0 Å². The summed E-state index contributed by atoms with van der Waals surface area (Å²) in [5.74, 6) is -2.11. The summed E-state index contributed by atoms with van der Waals surface area (Å²) in [5.41, 5.74) is 12.8. The highest BCUT2D eigenvalue weighted by Crippen LogP contribution is 2.34. The van der Waals surface area contributed by atoms with Crippen molar-refractivity contribution in [1.82, 2.24) is 25.3 Å². The van der Waals surface area contributed by atoms with Crippen LogP contribution in [-0.2, 0) is 6.54 Å². The highest BCUT2D eigenvalue weighted by atomic mass is 19.1. The van der Waals surface area contributed by atoms with Crippen molar-refractivity contribution < 1.29 is 27.5 Å². The molecule has 4 rings (SSSR count). The lowest BCUT2D eigenvalue weighted by atomic mass is 10.0. The van der Waals surface area contributed by atoms with Gasteiger partial charge in [0.05, 0.1) is 24.4 Å². The van der Waals surface area contributed by atoms with Gasteiger partial charge < -0.3 is 21.5 Å². The van der Waals surface area contributed by atoms with Gasteiger partial charge in [-0.05, 0) is 23.8 Å². The van der Waals surface area contributed by atoms with Crippen molar-refractivity contribution in [3.63, 3.8) is 0 Å². The van der Waals surface area contributed by atoms with Crippen LogP contribution in [0.15, 0.2) is 36.5 Å². The molecule has 0 bridgehead atoms. The number of ether oxygens (including phenoxy) is 1. The molecule has 0 saturated heterocycles. The molecule has 2 amide bonds. The number of carbonyl (C=O) groups is 2. The number of primary amides is 1. The van der Waals surface area contributed by atoms with Crippen LogP contribution in [0, 0.1) is 5.82 Å². The number of aromatic amines is 1. The third-order valence-corrected chi connectivity index (χ3v) is 5.70. The van der Waals surface area contributed by atoms with Crippen LogP contribution in [0.3, 0.4) is 0 Å². The van der Waals surface area contributed by atoms with E-state index in [0.29, 0.717) is 22.0 Å². The van der Waals surface area contributed by atoms with Gasteiger partial charge in [-0.1, -0.05) is 12.1 Å². The van der Waals surface area contributed by atoms with Crippen LogP contribution in [0.5, 0.6) is 5.75 Å². The Morgan fingerprint density at radius 3 is 2.64 bits per heavy atom. The second-order valence-corrected chi connectivity index (χ2v) is 7.84. The lowest BCUT2D eigenvalue weighted by Gasteiger charge is -2.11. The van der Waals surface area contributed by atoms with Gasteiger partial charge in [0.1, 0.15) is 48.0 Å². The minimum Gasteiger partial charge on any atom is -0.496 e. The molecule has 0 aliphatic rings. The normalized spacial score (nSPS) is 11.2. The van der Waals surface area contributed by atoms with E-state index in [-0.39, 0.29) is 34.9 Å². The second-order valence-electron chi connectivity index (χ2n) is 7.84. The SMILES string of the molecule is COc1ccc(F)cc1C(=O)NCc1ccc(-c2nn(C(CF)CF)c(N)c2C(N)=O)c2cn[nH]c12. The van der Waals surface area contributed by atoms with E-state index in [4.69, 9.17) is 16.2 Å². The van der Waals surface area contributed by atoms with Gasteiger partial charge in [0.25, 0.3) is 11.8 Å². The molecule has 0 unspecified atom stereocenters. The van der Waals surface area contributed by atoms with E-state index in [9.17, 15) is 22.8 Å². The highest BCUT2D eigenvalue weighted by molar-refractivity contribution is 6.07. The number of rotatable bonds is 9. The number of carbonyl (C=O) groups excluding carboxylic acids is 2. The molecule has 10 nitrogen and oxygen atoms in total. The van der Waals surface area contributed by atoms with Crippen molar-refractivity contribution in [1.29, 1.82) is 0 Å². The molecule has 0 aliphatic heterocycles. The first-order valence-corrected chi connectivity index (χ1v) is 10.7. The number of nitrogens with two attached hydrogens (primary N) is 2. The van der Waals surface area contributed by atoms with Gasteiger partial charge in [0, 0.05) is 17.5 Å². The van der Waals surface area contributed by atoms with Crippen molar-refractivity contribution in [2.24, 2.45) is 5.73 Å². The van der Waals surface area contributed by atoms with Gasteiger partial charge >= 0.3 is 0 Å². The van der Waals surface area contributed by atoms with Gasteiger partial charge in [-0.15, -0.1) is 0 Å². The third-order valence-electron chi connectivity index (χ3n) is 5.70. The molecule has 0 spiro atoms. The summed E-state index contributed by atoms with van der Waals surface area (Å²) in [6.45, 7) is -2.14. The van der Waals surface area contributed by atoms with E-state index in [1.165, 1.54) is 25.4 Å². The van der Waals surface area contributed by atoms with Gasteiger partial charge in [-0.3, -0.25) is 14.7 Å². The summed E-state index contributed by atoms with van der Waals surface area (Å²) in [6, 6.07) is 5.52. The molecular formula is C23H22F3N7O3. The number of hydrogen-bond donors (Lipinski definition) is 4. The van der Waals surface area contributed by atoms with E-state index < -0.39 is 37.0 Å². The Balaban J connectivity index is 1.71. The van der Waals surface area contributed by atoms with Crippen molar-refractivity contribution in [2.75, 3.05) is 26.2 Å². The van der Waals surface area contributed by atoms with E-state index in [2.05, 4.69) is 20.6 Å². The zero-order valence-electron chi connectivity index (χ0n) is 19.0. The zero-order valence-corrected chi connectivity index (χ0v) is 19.0. The standard InChI is InChI=1S/C23H22F3N7O3/c1-36-17-5-3-12(26)6-15(17)23(35)29-9-11-2-4-14(16-10-30-31-19(11)16)20-18(22(28)34)21(27)33(32-20)13(7-24)8-25/h2-6,10,13H,7-9,27H2,1H3,(H2,28,34)(H,29,35)(H,30,31). The first-order valence-electron chi connectivity index (χ1n) is 10.7. The maximum atomic E-state index is 13.7. The number of nitrogen functional groups attached to an aromatic ring is 1. The molecule has 0 atom stereocenters. The lowest BCUT2D eigenvalue weighted by molar-refractivity contribution is 0.0946. The number of H-pyrrole nitrogens is 1. The summed E-state index contributed by atoms with van der Waals surface area (Å²) < 4.78 is 46.3. The van der Waals surface area contributed by atoms with Crippen LogP contribution in [0.4, 0.5) is 19.0 Å². The van der Waals surface area contributed by atoms with E-state index in [1.54, 1.807) is 12.1 Å². The van der Waals surface area contributed by atoms with Crippen molar-refractivity contribution in [3.8, 4) is 17.0 Å². The number of nitrogens with one attached hydrogen (secondary N) is 2. The number of anilines is 1. The minimum atomic E-state index is -1.31. The molecule has 2 heterocycles. The first-order chi connectivity index (χ1) is 17.3. The maximum absolute atomic E-state index is 13.7. The number of methoxy groups -OCH3 is 1. The Labute approximate surface area is 202 Å². The van der Waals surface area contributed by atoms with E-state index >= 15 is 0 Å². The van der Waals surface area contributed by atoms with Crippen LogP contribution in [0.2, 0.25) is 0 Å². The smallest absolute Gasteiger partial charge is 0.255 e. The number of alkyl halides is 2. The van der Waals surface area contributed by atoms with E-state index in [0.717, 1.165) is 10.7 Å². The predicted octanol–water partition coefficient (Wildman–Crippen LogP) is 2.67. The molecule has 4 aromatic rings. The van der Waals surface area contributed by atoms with Gasteiger partial charge in [-0.25, -0.2) is 17.9 Å². The Hall–Kier alpha value is -4.55. The molecule has 13 heteroatoms. The molecule has 2 aromatic heterocycles. The molecule has 0 fully saturated rings. The van der Waals surface area contributed by atoms with Crippen LogP contribution in [-0.4, -0.2) is 52.3 Å². The number of aromatic nitrogens is 4. The predicted molar refractivity (Wildman–Crippen MR) is 125 cm³/mol. The van der Waals surface area contributed by atoms with Crippen molar-refractivity contribution in [3.05, 3.63) is 59.0 Å². The van der Waals surface area contributed by atoms with Crippen molar-refractivity contribution in [2.45, 2.75) is 12.6 Å². The number of hydrogen-bond acceptors (Lipinski definition) is 6. The fraction of sp³-hybridized carbons (Fsp3) is 0.217. The Morgan fingerprint density at radius 2 is 1.97 bits per heavy atom. The lowest BCUT2D eigenvalue weighted by Crippen LogP contribution is -2.23.